The zero-order chi connectivity index (χ0) is 5.54. The summed E-state index contributed by atoms with van der Waals surface area (Å²) in [5, 5.41) is 0. The molecular weight excluding hydrogens is 203 g/mol. The molecule has 2 heteroatoms. The lowest BCUT2D eigenvalue weighted by atomic mass is 10.5. The third kappa shape index (κ3) is 6.69. The van der Waals surface area contributed by atoms with Crippen molar-refractivity contribution in [2.75, 3.05) is 11.0 Å². The molecule has 0 N–H and O–H groups in total. The smallest absolute Gasteiger partial charge is 0.0805 e. The van der Waals surface area contributed by atoms with E-state index in [4.69, 9.17) is 4.74 Å². The molecule has 0 spiro atoms. The molecule has 0 saturated carbocycles. The van der Waals surface area contributed by atoms with Gasteiger partial charge in [-0.25, -0.2) is 0 Å². The van der Waals surface area contributed by atoms with Crippen LogP contribution in [0, 0.1) is 6.61 Å². The first-order valence-corrected chi connectivity index (χ1v) is 3.89. The van der Waals surface area contributed by atoms with E-state index in [1.807, 2.05) is 6.92 Å². The quantitative estimate of drug-likeness (QED) is 0.394. The zero-order valence-electron chi connectivity index (χ0n) is 4.48. The summed E-state index contributed by atoms with van der Waals surface area (Å²) in [5.41, 5.74) is 0. The van der Waals surface area contributed by atoms with Crippen molar-refractivity contribution in [1.29, 1.82) is 0 Å². The zero-order valence-corrected chi connectivity index (χ0v) is 6.64. The average molecular weight is 213 g/mol. The SMILES string of the molecule is C[CH]OCCCI. The van der Waals surface area contributed by atoms with Gasteiger partial charge in [0, 0.05) is 11.0 Å². The van der Waals surface area contributed by atoms with Crippen LogP contribution in [0.4, 0.5) is 0 Å². The van der Waals surface area contributed by atoms with E-state index in [9.17, 15) is 0 Å². The van der Waals surface area contributed by atoms with E-state index in [1.165, 1.54) is 4.43 Å². The van der Waals surface area contributed by atoms with Crippen molar-refractivity contribution in [3.8, 4) is 0 Å². The van der Waals surface area contributed by atoms with Crippen LogP contribution in [-0.2, 0) is 4.74 Å². The molecule has 0 heterocycles. The minimum absolute atomic E-state index is 0.874. The molecule has 0 bridgehead atoms. The lowest BCUT2D eigenvalue weighted by Gasteiger charge is -1.93. The highest BCUT2D eigenvalue weighted by molar-refractivity contribution is 14.1. The third-order valence-corrected chi connectivity index (χ3v) is 1.33. The summed E-state index contributed by atoms with van der Waals surface area (Å²) < 4.78 is 6.13. The van der Waals surface area contributed by atoms with Gasteiger partial charge < -0.3 is 4.74 Å². The predicted octanol–water partition coefficient (Wildman–Crippen LogP) is 2.01. The second-order valence-corrected chi connectivity index (χ2v) is 2.23. The minimum Gasteiger partial charge on any atom is -0.376 e. The van der Waals surface area contributed by atoms with E-state index in [0.717, 1.165) is 13.0 Å². The first-order chi connectivity index (χ1) is 3.41. The summed E-state index contributed by atoms with van der Waals surface area (Å²) in [4.78, 5) is 0. The number of alkyl halides is 1. The van der Waals surface area contributed by atoms with Crippen molar-refractivity contribution in [2.45, 2.75) is 13.3 Å². The van der Waals surface area contributed by atoms with Crippen LogP contribution in [-0.4, -0.2) is 11.0 Å². The Morgan fingerprint density at radius 2 is 2.43 bits per heavy atom. The van der Waals surface area contributed by atoms with E-state index < -0.39 is 0 Å². The monoisotopic (exact) mass is 213 g/mol. The maximum absolute atomic E-state index is 4.94. The van der Waals surface area contributed by atoms with E-state index in [2.05, 4.69) is 22.6 Å². The Hall–Kier alpha value is 0.690. The molecule has 0 aliphatic rings. The molecule has 0 unspecified atom stereocenters. The molecule has 0 aliphatic heterocycles. The molecule has 0 saturated heterocycles. The van der Waals surface area contributed by atoms with E-state index >= 15 is 0 Å². The molecular formula is C5H10IO. The summed E-state index contributed by atoms with van der Waals surface area (Å²) in [5.74, 6) is 0. The van der Waals surface area contributed by atoms with Gasteiger partial charge in [-0.2, -0.15) is 0 Å². The predicted molar refractivity (Wildman–Crippen MR) is 39.4 cm³/mol. The largest absolute Gasteiger partial charge is 0.376 e. The van der Waals surface area contributed by atoms with E-state index in [-0.39, 0.29) is 0 Å². The van der Waals surface area contributed by atoms with E-state index in [0.29, 0.717) is 0 Å². The maximum Gasteiger partial charge on any atom is 0.0805 e. The van der Waals surface area contributed by atoms with Crippen LogP contribution in [0.5, 0.6) is 0 Å². The first-order valence-electron chi connectivity index (χ1n) is 2.37. The Labute approximate surface area is 58.6 Å². The van der Waals surface area contributed by atoms with Crippen LogP contribution < -0.4 is 0 Å². The lowest BCUT2D eigenvalue weighted by Crippen LogP contribution is -1.88. The lowest BCUT2D eigenvalue weighted by molar-refractivity contribution is 0.206. The number of hydrogen-bond donors (Lipinski definition) is 0. The van der Waals surface area contributed by atoms with Crippen molar-refractivity contribution in [3.05, 3.63) is 6.61 Å². The van der Waals surface area contributed by atoms with Gasteiger partial charge in [-0.3, -0.25) is 0 Å². The molecule has 0 aromatic carbocycles. The van der Waals surface area contributed by atoms with Crippen molar-refractivity contribution in [2.24, 2.45) is 0 Å². The maximum atomic E-state index is 4.94. The Balaban J connectivity index is 2.45. The molecule has 0 amide bonds. The topological polar surface area (TPSA) is 9.23 Å². The van der Waals surface area contributed by atoms with Crippen LogP contribution in [0.3, 0.4) is 0 Å². The summed E-state index contributed by atoms with van der Waals surface area (Å²) in [7, 11) is 0. The normalized spacial score (nSPS) is 9.43. The molecule has 0 rings (SSSR count). The van der Waals surface area contributed by atoms with Crippen LogP contribution >= 0.6 is 22.6 Å². The Morgan fingerprint density at radius 1 is 1.71 bits per heavy atom. The Morgan fingerprint density at radius 3 is 2.86 bits per heavy atom. The second-order valence-electron chi connectivity index (χ2n) is 1.15. The first kappa shape index (κ1) is 7.69. The molecule has 0 aliphatic carbocycles. The standard InChI is InChI=1S/C5H10IO/c1-2-7-5-3-4-6/h2H,3-5H2,1H3. The molecule has 0 aromatic rings. The highest BCUT2D eigenvalue weighted by Gasteiger charge is 1.80. The van der Waals surface area contributed by atoms with Gasteiger partial charge in [0.2, 0.25) is 0 Å². The van der Waals surface area contributed by atoms with Gasteiger partial charge in [0.25, 0.3) is 0 Å². The van der Waals surface area contributed by atoms with Crippen LogP contribution in [0.1, 0.15) is 13.3 Å². The number of ether oxygens (including phenoxy) is 1. The number of hydrogen-bond acceptors (Lipinski definition) is 1. The fraction of sp³-hybridized carbons (Fsp3) is 0.800. The summed E-state index contributed by atoms with van der Waals surface area (Å²) >= 11 is 2.33. The fourth-order valence-electron chi connectivity index (χ4n) is 0.256. The number of rotatable bonds is 4. The van der Waals surface area contributed by atoms with Gasteiger partial charge in [-0.05, 0) is 13.3 Å². The second kappa shape index (κ2) is 6.69. The minimum atomic E-state index is 0.874. The van der Waals surface area contributed by atoms with Gasteiger partial charge >= 0.3 is 0 Å². The molecule has 7 heavy (non-hydrogen) atoms. The average Bonchev–Trinajstić information content (AvgIpc) is 1.69. The molecule has 43 valence electrons. The summed E-state index contributed by atoms with van der Waals surface area (Å²) in [6.45, 7) is 4.50. The van der Waals surface area contributed by atoms with Crippen LogP contribution in [0.25, 0.3) is 0 Å². The van der Waals surface area contributed by atoms with Gasteiger partial charge in [0.05, 0.1) is 6.61 Å². The fourth-order valence-corrected chi connectivity index (χ4v) is 0.567. The van der Waals surface area contributed by atoms with Gasteiger partial charge in [0.15, 0.2) is 0 Å². The summed E-state index contributed by atoms with van der Waals surface area (Å²) in [6.07, 6.45) is 1.16. The van der Waals surface area contributed by atoms with Gasteiger partial charge in [0.1, 0.15) is 0 Å². The van der Waals surface area contributed by atoms with E-state index in [1.54, 1.807) is 6.61 Å². The molecule has 0 atom stereocenters. The molecule has 1 radical (unpaired) electrons. The van der Waals surface area contributed by atoms with Crippen molar-refractivity contribution in [1.82, 2.24) is 0 Å². The van der Waals surface area contributed by atoms with Gasteiger partial charge in [-0.15, -0.1) is 0 Å². The van der Waals surface area contributed by atoms with Crippen LogP contribution in [0.15, 0.2) is 0 Å². The Kier molecular flexibility index (Phi) is 7.35. The van der Waals surface area contributed by atoms with Crippen molar-refractivity contribution in [3.63, 3.8) is 0 Å². The third-order valence-electron chi connectivity index (χ3n) is 0.562. The molecule has 1 nitrogen and oxygen atoms in total. The van der Waals surface area contributed by atoms with Crippen molar-refractivity contribution < 1.29 is 4.74 Å². The van der Waals surface area contributed by atoms with Gasteiger partial charge in [-0.1, -0.05) is 22.6 Å². The van der Waals surface area contributed by atoms with Crippen molar-refractivity contribution >= 4 is 22.6 Å². The molecule has 0 aromatic heterocycles. The highest BCUT2D eigenvalue weighted by atomic mass is 127. The highest BCUT2D eigenvalue weighted by Crippen LogP contribution is 1.89. The summed E-state index contributed by atoms with van der Waals surface area (Å²) in [6, 6.07) is 0. The Bertz CT molecular complexity index is 27.3. The number of halogens is 1. The molecule has 0 fully saturated rings. The van der Waals surface area contributed by atoms with Crippen LogP contribution in [0.2, 0.25) is 0 Å².